The van der Waals surface area contributed by atoms with Gasteiger partial charge in [-0.05, 0) is 54.5 Å². The molecule has 0 fully saturated rings. The predicted octanol–water partition coefficient (Wildman–Crippen LogP) is 4.14. The maximum atomic E-state index is 5.95. The number of aryl methyl sites for hydroxylation is 1. The molecule has 5 heteroatoms. The standard InChI is InChI=1S/C16H17ClN2OS/c1-11-8-13(17)7-6-12(11)10-18-16(21)19-14-4-3-5-15(9-14)20-2/h3-9H,10H2,1-2H3,(H2,18,19,21). The number of halogens is 1. The van der Waals surface area contributed by atoms with Crippen LogP contribution in [0.2, 0.25) is 5.02 Å². The summed E-state index contributed by atoms with van der Waals surface area (Å²) in [7, 11) is 1.64. The lowest BCUT2D eigenvalue weighted by molar-refractivity contribution is 0.415. The van der Waals surface area contributed by atoms with Crippen molar-refractivity contribution in [3.05, 3.63) is 58.6 Å². The maximum absolute atomic E-state index is 5.95. The number of anilines is 1. The molecule has 2 aromatic carbocycles. The lowest BCUT2D eigenvalue weighted by Gasteiger charge is -2.12. The molecule has 0 heterocycles. The molecule has 0 atom stereocenters. The highest BCUT2D eigenvalue weighted by atomic mass is 35.5. The van der Waals surface area contributed by atoms with E-state index in [4.69, 9.17) is 28.6 Å². The van der Waals surface area contributed by atoms with Crippen LogP contribution in [0.5, 0.6) is 5.75 Å². The Labute approximate surface area is 135 Å². The molecule has 0 spiro atoms. The number of rotatable bonds is 4. The van der Waals surface area contributed by atoms with E-state index in [1.807, 2.05) is 49.4 Å². The van der Waals surface area contributed by atoms with Crippen LogP contribution in [0.1, 0.15) is 11.1 Å². The number of benzene rings is 2. The molecule has 21 heavy (non-hydrogen) atoms. The zero-order valence-electron chi connectivity index (χ0n) is 11.9. The van der Waals surface area contributed by atoms with E-state index in [1.165, 1.54) is 0 Å². The topological polar surface area (TPSA) is 33.3 Å². The van der Waals surface area contributed by atoms with Gasteiger partial charge in [-0.25, -0.2) is 0 Å². The third kappa shape index (κ3) is 4.62. The van der Waals surface area contributed by atoms with Gasteiger partial charge in [-0.15, -0.1) is 0 Å². The van der Waals surface area contributed by atoms with Crippen molar-refractivity contribution in [3.8, 4) is 5.75 Å². The second-order valence-electron chi connectivity index (χ2n) is 4.61. The summed E-state index contributed by atoms with van der Waals surface area (Å²) in [4.78, 5) is 0. The molecule has 0 aromatic heterocycles. The minimum atomic E-state index is 0.567. The lowest BCUT2D eigenvalue weighted by atomic mass is 10.1. The second-order valence-corrected chi connectivity index (χ2v) is 5.46. The lowest BCUT2D eigenvalue weighted by Crippen LogP contribution is -2.28. The maximum Gasteiger partial charge on any atom is 0.171 e. The van der Waals surface area contributed by atoms with Crippen molar-refractivity contribution < 1.29 is 4.74 Å². The molecular formula is C16H17ClN2OS. The Kier molecular flexibility index (Phi) is 5.42. The molecule has 2 rings (SSSR count). The zero-order valence-corrected chi connectivity index (χ0v) is 13.5. The van der Waals surface area contributed by atoms with E-state index in [9.17, 15) is 0 Å². The Bertz CT molecular complexity index is 646. The summed E-state index contributed by atoms with van der Waals surface area (Å²) < 4.78 is 5.18. The van der Waals surface area contributed by atoms with E-state index in [2.05, 4.69) is 10.6 Å². The molecule has 3 nitrogen and oxygen atoms in total. The molecule has 0 aliphatic rings. The van der Waals surface area contributed by atoms with Gasteiger partial charge in [0.25, 0.3) is 0 Å². The van der Waals surface area contributed by atoms with Gasteiger partial charge >= 0.3 is 0 Å². The van der Waals surface area contributed by atoms with Crippen LogP contribution < -0.4 is 15.4 Å². The average Bonchev–Trinajstić information content (AvgIpc) is 2.46. The first-order valence-corrected chi connectivity index (χ1v) is 7.31. The Hall–Kier alpha value is -1.78. The van der Waals surface area contributed by atoms with E-state index in [0.717, 1.165) is 27.6 Å². The van der Waals surface area contributed by atoms with E-state index < -0.39 is 0 Å². The monoisotopic (exact) mass is 320 g/mol. The van der Waals surface area contributed by atoms with Crippen molar-refractivity contribution in [1.29, 1.82) is 0 Å². The summed E-state index contributed by atoms with van der Waals surface area (Å²) in [6.07, 6.45) is 0. The van der Waals surface area contributed by atoms with Crippen LogP contribution in [0.4, 0.5) is 5.69 Å². The average molecular weight is 321 g/mol. The molecule has 0 saturated heterocycles. The quantitative estimate of drug-likeness (QED) is 0.829. The number of thiocarbonyl (C=S) groups is 1. The summed E-state index contributed by atoms with van der Waals surface area (Å²) in [5.74, 6) is 0.788. The highest BCUT2D eigenvalue weighted by Crippen LogP contribution is 2.17. The number of hydrogen-bond donors (Lipinski definition) is 2. The Morgan fingerprint density at radius 3 is 2.76 bits per heavy atom. The van der Waals surface area contributed by atoms with Crippen molar-refractivity contribution in [3.63, 3.8) is 0 Å². The molecule has 110 valence electrons. The molecule has 0 saturated carbocycles. The van der Waals surface area contributed by atoms with Crippen molar-refractivity contribution in [2.45, 2.75) is 13.5 Å². The molecule has 0 aliphatic carbocycles. The van der Waals surface area contributed by atoms with Crippen LogP contribution >= 0.6 is 23.8 Å². The van der Waals surface area contributed by atoms with E-state index >= 15 is 0 Å². The molecule has 0 unspecified atom stereocenters. The Morgan fingerprint density at radius 1 is 1.24 bits per heavy atom. The summed E-state index contributed by atoms with van der Waals surface area (Å²) in [6, 6.07) is 13.4. The van der Waals surface area contributed by atoms with Gasteiger partial charge in [-0.2, -0.15) is 0 Å². The normalized spacial score (nSPS) is 10.0. The highest BCUT2D eigenvalue weighted by molar-refractivity contribution is 7.80. The number of methoxy groups -OCH3 is 1. The van der Waals surface area contributed by atoms with Crippen LogP contribution in [0.15, 0.2) is 42.5 Å². The SMILES string of the molecule is COc1cccc(NC(=S)NCc2ccc(Cl)cc2C)c1. The largest absolute Gasteiger partial charge is 0.497 e. The first-order chi connectivity index (χ1) is 10.1. The molecule has 0 bridgehead atoms. The van der Waals surface area contributed by atoms with Gasteiger partial charge in [0.1, 0.15) is 5.75 Å². The Morgan fingerprint density at radius 2 is 2.05 bits per heavy atom. The minimum absolute atomic E-state index is 0.567. The number of ether oxygens (including phenoxy) is 1. The molecule has 2 aromatic rings. The van der Waals surface area contributed by atoms with Gasteiger partial charge < -0.3 is 15.4 Å². The summed E-state index contributed by atoms with van der Waals surface area (Å²) in [6.45, 7) is 2.68. The van der Waals surface area contributed by atoms with E-state index in [1.54, 1.807) is 7.11 Å². The van der Waals surface area contributed by atoms with Crippen LogP contribution in [0, 0.1) is 6.92 Å². The van der Waals surface area contributed by atoms with Gasteiger partial charge in [0.15, 0.2) is 5.11 Å². The smallest absolute Gasteiger partial charge is 0.171 e. The molecule has 0 amide bonds. The minimum Gasteiger partial charge on any atom is -0.497 e. The van der Waals surface area contributed by atoms with Gasteiger partial charge in [-0.1, -0.05) is 23.7 Å². The highest BCUT2D eigenvalue weighted by Gasteiger charge is 2.02. The van der Waals surface area contributed by atoms with Crippen LogP contribution in [0.25, 0.3) is 0 Å². The molecule has 2 N–H and O–H groups in total. The van der Waals surface area contributed by atoms with E-state index in [0.29, 0.717) is 11.7 Å². The van der Waals surface area contributed by atoms with Crippen LogP contribution in [-0.4, -0.2) is 12.2 Å². The van der Waals surface area contributed by atoms with Gasteiger partial charge in [0.05, 0.1) is 7.11 Å². The number of hydrogen-bond acceptors (Lipinski definition) is 2. The van der Waals surface area contributed by atoms with E-state index in [-0.39, 0.29) is 0 Å². The fraction of sp³-hybridized carbons (Fsp3) is 0.188. The van der Waals surface area contributed by atoms with Crippen molar-refractivity contribution in [2.24, 2.45) is 0 Å². The molecular weight excluding hydrogens is 304 g/mol. The van der Waals surface area contributed by atoms with Gasteiger partial charge in [0.2, 0.25) is 0 Å². The third-order valence-electron chi connectivity index (χ3n) is 3.07. The summed E-state index contributed by atoms with van der Waals surface area (Å²) >= 11 is 11.2. The van der Waals surface area contributed by atoms with Crippen molar-refractivity contribution >= 4 is 34.6 Å². The molecule has 0 radical (unpaired) electrons. The first kappa shape index (κ1) is 15.6. The van der Waals surface area contributed by atoms with Crippen molar-refractivity contribution in [1.82, 2.24) is 5.32 Å². The second kappa shape index (κ2) is 7.29. The summed E-state index contributed by atoms with van der Waals surface area (Å²) in [5, 5.41) is 7.62. The van der Waals surface area contributed by atoms with Gasteiger partial charge in [-0.3, -0.25) is 0 Å². The summed E-state index contributed by atoms with van der Waals surface area (Å²) in [5.41, 5.74) is 3.19. The van der Waals surface area contributed by atoms with Crippen molar-refractivity contribution in [2.75, 3.05) is 12.4 Å². The zero-order chi connectivity index (χ0) is 15.2. The van der Waals surface area contributed by atoms with Crippen LogP contribution in [-0.2, 0) is 6.54 Å². The third-order valence-corrected chi connectivity index (χ3v) is 3.55. The fourth-order valence-electron chi connectivity index (χ4n) is 1.91. The predicted molar refractivity (Wildman–Crippen MR) is 92.2 cm³/mol. The molecule has 0 aliphatic heterocycles. The fourth-order valence-corrected chi connectivity index (χ4v) is 2.33. The van der Waals surface area contributed by atoms with Gasteiger partial charge in [0, 0.05) is 23.3 Å². The number of nitrogens with one attached hydrogen (secondary N) is 2. The Balaban J connectivity index is 1.92. The van der Waals surface area contributed by atoms with Crippen LogP contribution in [0.3, 0.4) is 0 Å². The first-order valence-electron chi connectivity index (χ1n) is 6.52.